The molecule has 0 fully saturated rings. The Labute approximate surface area is 90.6 Å². The van der Waals surface area contributed by atoms with Crippen molar-refractivity contribution in [3.05, 3.63) is 11.6 Å². The molecule has 15 heavy (non-hydrogen) atoms. The van der Waals surface area contributed by atoms with Gasteiger partial charge in [0.2, 0.25) is 0 Å². The van der Waals surface area contributed by atoms with Crippen LogP contribution in [0.5, 0.6) is 0 Å². The van der Waals surface area contributed by atoms with Crippen molar-refractivity contribution in [2.24, 2.45) is 5.73 Å². The maximum absolute atomic E-state index is 5.61. The molecular formula is C10H20N4O. The maximum atomic E-state index is 5.61. The molecule has 1 aromatic rings. The summed E-state index contributed by atoms with van der Waals surface area (Å²) in [6.45, 7) is 8.14. The van der Waals surface area contributed by atoms with Gasteiger partial charge in [-0.05, 0) is 0 Å². The van der Waals surface area contributed by atoms with Crippen LogP contribution < -0.4 is 5.73 Å². The second kappa shape index (κ2) is 4.72. The predicted octanol–water partition coefficient (Wildman–Crippen LogP) is 0.681. The smallest absolute Gasteiger partial charge is 0.146 e. The summed E-state index contributed by atoms with van der Waals surface area (Å²) in [7, 11) is 1.68. The minimum atomic E-state index is -0.0197. The normalized spacial score (nSPS) is 12.1. The molecule has 0 saturated carbocycles. The molecule has 5 nitrogen and oxygen atoms in total. The van der Waals surface area contributed by atoms with Crippen LogP contribution >= 0.6 is 0 Å². The van der Waals surface area contributed by atoms with E-state index in [2.05, 4.69) is 31.0 Å². The minimum Gasteiger partial charge on any atom is -0.383 e. The van der Waals surface area contributed by atoms with Gasteiger partial charge in [-0.15, -0.1) is 10.2 Å². The first-order chi connectivity index (χ1) is 7.00. The van der Waals surface area contributed by atoms with Crippen molar-refractivity contribution in [2.45, 2.75) is 39.3 Å². The summed E-state index contributed by atoms with van der Waals surface area (Å²) in [5, 5.41) is 8.27. The lowest BCUT2D eigenvalue weighted by molar-refractivity contribution is 0.184. The van der Waals surface area contributed by atoms with Crippen molar-refractivity contribution < 1.29 is 4.74 Å². The first-order valence-corrected chi connectivity index (χ1v) is 5.12. The average Bonchev–Trinajstić information content (AvgIpc) is 2.56. The van der Waals surface area contributed by atoms with Gasteiger partial charge in [0.15, 0.2) is 0 Å². The van der Waals surface area contributed by atoms with Crippen LogP contribution in [0.4, 0.5) is 0 Å². The summed E-state index contributed by atoms with van der Waals surface area (Å²) in [4.78, 5) is 0. The van der Waals surface area contributed by atoms with Crippen LogP contribution in [0.2, 0.25) is 0 Å². The van der Waals surface area contributed by atoms with Crippen LogP contribution in [0.15, 0.2) is 0 Å². The third-order valence-electron chi connectivity index (χ3n) is 2.20. The molecule has 2 N–H and O–H groups in total. The van der Waals surface area contributed by atoms with Gasteiger partial charge < -0.3 is 15.0 Å². The van der Waals surface area contributed by atoms with Crippen molar-refractivity contribution >= 4 is 0 Å². The maximum Gasteiger partial charge on any atom is 0.146 e. The molecule has 0 aliphatic rings. The molecule has 1 aromatic heterocycles. The van der Waals surface area contributed by atoms with Crippen LogP contribution in [0, 0.1) is 0 Å². The molecule has 0 radical (unpaired) electrons. The topological polar surface area (TPSA) is 66.0 Å². The first kappa shape index (κ1) is 12.1. The third-order valence-corrected chi connectivity index (χ3v) is 2.20. The van der Waals surface area contributed by atoms with E-state index in [9.17, 15) is 0 Å². The molecule has 0 aliphatic carbocycles. The van der Waals surface area contributed by atoms with Gasteiger partial charge in [-0.2, -0.15) is 0 Å². The fraction of sp³-hybridized carbons (Fsp3) is 0.800. The highest BCUT2D eigenvalue weighted by molar-refractivity contribution is 5.06. The Balaban J connectivity index is 3.00. The Morgan fingerprint density at radius 1 is 1.33 bits per heavy atom. The number of nitrogens with two attached hydrogens (primary N) is 1. The molecular weight excluding hydrogens is 192 g/mol. The number of ether oxygens (including phenoxy) is 1. The standard InChI is InChI=1S/C10H20N4O/c1-10(2,3)9-13-12-8(7-11)14(9)5-6-15-4/h5-7,11H2,1-4H3. The zero-order chi connectivity index (χ0) is 11.5. The van der Waals surface area contributed by atoms with Crippen molar-refractivity contribution in [1.29, 1.82) is 0 Å². The highest BCUT2D eigenvalue weighted by Gasteiger charge is 2.22. The Morgan fingerprint density at radius 2 is 2.00 bits per heavy atom. The van der Waals surface area contributed by atoms with Crippen molar-refractivity contribution in [3.8, 4) is 0 Å². The van der Waals surface area contributed by atoms with E-state index in [0.717, 1.165) is 18.2 Å². The van der Waals surface area contributed by atoms with E-state index >= 15 is 0 Å². The summed E-state index contributed by atoms with van der Waals surface area (Å²) in [5.74, 6) is 1.77. The van der Waals surface area contributed by atoms with Crippen LogP contribution in [-0.4, -0.2) is 28.5 Å². The highest BCUT2D eigenvalue weighted by atomic mass is 16.5. The van der Waals surface area contributed by atoms with Crippen molar-refractivity contribution in [3.63, 3.8) is 0 Å². The van der Waals surface area contributed by atoms with Crippen LogP contribution in [-0.2, 0) is 23.2 Å². The summed E-state index contributed by atoms with van der Waals surface area (Å²) in [6, 6.07) is 0. The Bertz CT molecular complexity index is 314. The number of methoxy groups -OCH3 is 1. The fourth-order valence-corrected chi connectivity index (χ4v) is 1.46. The van der Waals surface area contributed by atoms with Crippen LogP contribution in [0.1, 0.15) is 32.4 Å². The van der Waals surface area contributed by atoms with Gasteiger partial charge in [-0.25, -0.2) is 0 Å². The Morgan fingerprint density at radius 3 is 2.47 bits per heavy atom. The van der Waals surface area contributed by atoms with Gasteiger partial charge >= 0.3 is 0 Å². The molecule has 0 unspecified atom stereocenters. The zero-order valence-corrected chi connectivity index (χ0v) is 9.95. The monoisotopic (exact) mass is 212 g/mol. The molecule has 86 valence electrons. The van der Waals surface area contributed by atoms with Gasteiger partial charge in [0.25, 0.3) is 0 Å². The van der Waals surface area contributed by atoms with E-state index in [4.69, 9.17) is 10.5 Å². The molecule has 0 aliphatic heterocycles. The lowest BCUT2D eigenvalue weighted by Gasteiger charge is -2.19. The largest absolute Gasteiger partial charge is 0.383 e. The quantitative estimate of drug-likeness (QED) is 0.797. The highest BCUT2D eigenvalue weighted by Crippen LogP contribution is 2.20. The lowest BCUT2D eigenvalue weighted by atomic mass is 9.95. The van der Waals surface area contributed by atoms with E-state index in [1.807, 2.05) is 4.57 Å². The zero-order valence-electron chi connectivity index (χ0n) is 9.95. The first-order valence-electron chi connectivity index (χ1n) is 5.12. The summed E-state index contributed by atoms with van der Waals surface area (Å²) in [6.07, 6.45) is 0. The molecule has 0 atom stereocenters. The van der Waals surface area contributed by atoms with E-state index in [1.54, 1.807) is 7.11 Å². The van der Waals surface area contributed by atoms with Gasteiger partial charge in [0.05, 0.1) is 13.2 Å². The van der Waals surface area contributed by atoms with Gasteiger partial charge in [0.1, 0.15) is 11.6 Å². The summed E-state index contributed by atoms with van der Waals surface area (Å²) >= 11 is 0. The molecule has 5 heteroatoms. The second-order valence-corrected chi connectivity index (χ2v) is 4.54. The Kier molecular flexibility index (Phi) is 3.82. The second-order valence-electron chi connectivity index (χ2n) is 4.54. The SMILES string of the molecule is COCCn1c(CN)nnc1C(C)(C)C. The molecule has 0 spiro atoms. The number of hydrogen-bond donors (Lipinski definition) is 1. The summed E-state index contributed by atoms with van der Waals surface area (Å²) in [5.41, 5.74) is 5.60. The van der Waals surface area contributed by atoms with Crippen LogP contribution in [0.3, 0.4) is 0 Å². The van der Waals surface area contributed by atoms with Crippen molar-refractivity contribution in [1.82, 2.24) is 14.8 Å². The van der Waals surface area contributed by atoms with E-state index in [1.165, 1.54) is 0 Å². The average molecular weight is 212 g/mol. The van der Waals surface area contributed by atoms with Gasteiger partial charge in [-0.1, -0.05) is 20.8 Å². The van der Waals surface area contributed by atoms with Gasteiger partial charge in [-0.3, -0.25) is 0 Å². The molecule has 0 amide bonds. The molecule has 1 heterocycles. The lowest BCUT2D eigenvalue weighted by Crippen LogP contribution is -2.22. The number of rotatable bonds is 4. The van der Waals surface area contributed by atoms with E-state index < -0.39 is 0 Å². The van der Waals surface area contributed by atoms with Crippen LogP contribution in [0.25, 0.3) is 0 Å². The molecule has 0 aromatic carbocycles. The Hall–Kier alpha value is -0.940. The molecule has 1 rings (SSSR count). The van der Waals surface area contributed by atoms with Gasteiger partial charge in [0, 0.05) is 19.1 Å². The van der Waals surface area contributed by atoms with Crippen molar-refractivity contribution in [2.75, 3.05) is 13.7 Å². The summed E-state index contributed by atoms with van der Waals surface area (Å²) < 4.78 is 7.11. The fourth-order valence-electron chi connectivity index (χ4n) is 1.46. The molecule has 0 bridgehead atoms. The predicted molar refractivity (Wildman–Crippen MR) is 58.5 cm³/mol. The third kappa shape index (κ3) is 2.76. The number of hydrogen-bond acceptors (Lipinski definition) is 4. The van der Waals surface area contributed by atoms with E-state index in [-0.39, 0.29) is 5.41 Å². The minimum absolute atomic E-state index is 0.0197. The number of aromatic nitrogens is 3. The molecule has 0 saturated heterocycles. The number of nitrogens with zero attached hydrogens (tertiary/aromatic N) is 3. The van der Waals surface area contributed by atoms with E-state index in [0.29, 0.717) is 13.2 Å².